The molecule has 0 aliphatic carbocycles. The van der Waals surface area contributed by atoms with Crippen LogP contribution in [0.3, 0.4) is 0 Å². The first-order valence-corrected chi connectivity index (χ1v) is 6.91. The SMILES string of the molecule is Cc1ccc2nc(NC(=O)[C@@H]3CCC(=O)N3)sc2c1. The minimum Gasteiger partial charge on any atom is -0.344 e. The van der Waals surface area contributed by atoms with E-state index in [4.69, 9.17) is 0 Å². The second-order valence-corrected chi connectivity index (χ2v) is 5.67. The number of hydrogen-bond donors (Lipinski definition) is 2. The summed E-state index contributed by atoms with van der Waals surface area (Å²) in [6, 6.07) is 5.54. The monoisotopic (exact) mass is 275 g/mol. The van der Waals surface area contributed by atoms with Crippen LogP contribution in [0.25, 0.3) is 10.2 Å². The molecule has 0 spiro atoms. The van der Waals surface area contributed by atoms with Gasteiger partial charge in [0, 0.05) is 6.42 Å². The van der Waals surface area contributed by atoms with Crippen molar-refractivity contribution >= 4 is 38.5 Å². The Balaban J connectivity index is 1.77. The molecule has 1 atom stereocenters. The summed E-state index contributed by atoms with van der Waals surface area (Å²) < 4.78 is 1.05. The van der Waals surface area contributed by atoms with Crippen LogP contribution in [0.5, 0.6) is 0 Å². The van der Waals surface area contributed by atoms with E-state index in [0.717, 1.165) is 15.8 Å². The Kier molecular flexibility index (Phi) is 2.94. The fourth-order valence-electron chi connectivity index (χ4n) is 2.09. The molecule has 1 aliphatic heterocycles. The number of aromatic nitrogens is 1. The van der Waals surface area contributed by atoms with Crippen LogP contribution in [0.2, 0.25) is 0 Å². The summed E-state index contributed by atoms with van der Waals surface area (Å²) in [5.74, 6) is -0.262. The highest BCUT2D eigenvalue weighted by atomic mass is 32.1. The molecule has 2 aromatic rings. The van der Waals surface area contributed by atoms with Crippen molar-refractivity contribution in [3.63, 3.8) is 0 Å². The number of carbonyl (C=O) groups is 2. The molecule has 0 unspecified atom stereocenters. The van der Waals surface area contributed by atoms with Gasteiger partial charge < -0.3 is 10.6 Å². The number of rotatable bonds is 2. The van der Waals surface area contributed by atoms with Gasteiger partial charge in [-0.15, -0.1) is 0 Å². The maximum Gasteiger partial charge on any atom is 0.248 e. The Morgan fingerprint density at radius 3 is 3.11 bits per heavy atom. The van der Waals surface area contributed by atoms with Crippen molar-refractivity contribution in [1.29, 1.82) is 0 Å². The molecule has 0 saturated carbocycles. The normalized spacial score (nSPS) is 18.6. The lowest BCUT2D eigenvalue weighted by atomic mass is 10.2. The summed E-state index contributed by atoms with van der Waals surface area (Å²) in [5, 5.41) is 5.99. The van der Waals surface area contributed by atoms with Gasteiger partial charge in [-0.3, -0.25) is 9.59 Å². The molecule has 2 N–H and O–H groups in total. The van der Waals surface area contributed by atoms with E-state index in [1.807, 2.05) is 25.1 Å². The molecule has 19 heavy (non-hydrogen) atoms. The van der Waals surface area contributed by atoms with Crippen molar-refractivity contribution in [2.24, 2.45) is 0 Å². The molecule has 5 nitrogen and oxygen atoms in total. The maximum atomic E-state index is 11.9. The minimum absolute atomic E-state index is 0.0694. The summed E-state index contributed by atoms with van der Waals surface area (Å²) in [4.78, 5) is 27.4. The third-order valence-corrected chi connectivity index (χ3v) is 4.02. The van der Waals surface area contributed by atoms with Gasteiger partial charge in [0.25, 0.3) is 0 Å². The van der Waals surface area contributed by atoms with Crippen LogP contribution in [0, 0.1) is 6.92 Å². The molecule has 98 valence electrons. The molecule has 2 amide bonds. The molecule has 1 aromatic carbocycles. The fraction of sp³-hybridized carbons (Fsp3) is 0.308. The third-order valence-electron chi connectivity index (χ3n) is 3.09. The lowest BCUT2D eigenvalue weighted by Gasteiger charge is -2.08. The molecule has 1 aromatic heterocycles. The van der Waals surface area contributed by atoms with Gasteiger partial charge in [-0.2, -0.15) is 0 Å². The van der Waals surface area contributed by atoms with Crippen molar-refractivity contribution < 1.29 is 9.59 Å². The summed E-state index contributed by atoms with van der Waals surface area (Å²) >= 11 is 1.44. The quantitative estimate of drug-likeness (QED) is 0.878. The highest BCUT2D eigenvalue weighted by Gasteiger charge is 2.27. The molecule has 2 heterocycles. The van der Waals surface area contributed by atoms with Crippen LogP contribution in [-0.4, -0.2) is 22.8 Å². The van der Waals surface area contributed by atoms with Gasteiger partial charge in [0.05, 0.1) is 10.2 Å². The molecule has 0 bridgehead atoms. The first-order valence-electron chi connectivity index (χ1n) is 6.09. The van der Waals surface area contributed by atoms with Crippen molar-refractivity contribution in [2.45, 2.75) is 25.8 Å². The predicted octanol–water partition coefficient (Wildman–Crippen LogP) is 1.82. The molecule has 1 saturated heterocycles. The largest absolute Gasteiger partial charge is 0.344 e. The second-order valence-electron chi connectivity index (χ2n) is 4.64. The number of carbonyl (C=O) groups excluding carboxylic acids is 2. The highest BCUT2D eigenvalue weighted by Crippen LogP contribution is 2.27. The van der Waals surface area contributed by atoms with E-state index < -0.39 is 6.04 Å². The fourth-order valence-corrected chi connectivity index (χ4v) is 3.06. The van der Waals surface area contributed by atoms with Crippen LogP contribution < -0.4 is 10.6 Å². The number of amides is 2. The molecule has 3 rings (SSSR count). The molecule has 6 heteroatoms. The first-order chi connectivity index (χ1) is 9.11. The molecular weight excluding hydrogens is 262 g/mol. The summed E-state index contributed by atoms with van der Waals surface area (Å²) in [6.07, 6.45) is 0.964. The van der Waals surface area contributed by atoms with Gasteiger partial charge in [-0.1, -0.05) is 17.4 Å². The number of nitrogens with zero attached hydrogens (tertiary/aromatic N) is 1. The summed E-state index contributed by atoms with van der Waals surface area (Å²) in [5.41, 5.74) is 2.04. The van der Waals surface area contributed by atoms with E-state index in [1.165, 1.54) is 11.3 Å². The zero-order chi connectivity index (χ0) is 13.4. The number of fused-ring (bicyclic) bond motifs is 1. The summed E-state index contributed by atoms with van der Waals surface area (Å²) in [7, 11) is 0. The predicted molar refractivity (Wildman–Crippen MR) is 74.2 cm³/mol. The van der Waals surface area contributed by atoms with Gasteiger partial charge >= 0.3 is 0 Å². The second kappa shape index (κ2) is 4.62. The average molecular weight is 275 g/mol. The zero-order valence-electron chi connectivity index (χ0n) is 10.4. The number of thiazole rings is 1. The Labute approximate surface area is 114 Å². The van der Waals surface area contributed by atoms with E-state index in [1.54, 1.807) is 0 Å². The standard InChI is InChI=1S/C13H13N3O2S/c1-7-2-3-8-10(6-7)19-13(15-8)16-12(18)9-4-5-11(17)14-9/h2-3,6,9H,4-5H2,1H3,(H,14,17)(H,15,16,18)/t9-/m0/s1. The number of anilines is 1. The van der Waals surface area contributed by atoms with Crippen molar-refractivity contribution in [1.82, 2.24) is 10.3 Å². The van der Waals surface area contributed by atoms with Crippen molar-refractivity contribution in [2.75, 3.05) is 5.32 Å². The first kappa shape index (κ1) is 12.1. The van der Waals surface area contributed by atoms with Crippen LogP contribution in [0.15, 0.2) is 18.2 Å². The lowest BCUT2D eigenvalue weighted by Crippen LogP contribution is -2.37. The Hall–Kier alpha value is -1.95. The van der Waals surface area contributed by atoms with Gasteiger partial charge in [0.15, 0.2) is 5.13 Å². The molecule has 0 radical (unpaired) electrons. The van der Waals surface area contributed by atoms with Gasteiger partial charge in [0.1, 0.15) is 6.04 Å². The molecule has 1 fully saturated rings. The lowest BCUT2D eigenvalue weighted by molar-refractivity contribution is -0.122. The molecule has 1 aliphatic rings. The third kappa shape index (κ3) is 2.44. The Morgan fingerprint density at radius 1 is 1.53 bits per heavy atom. The molecular formula is C13H13N3O2S. The van der Waals surface area contributed by atoms with Crippen LogP contribution >= 0.6 is 11.3 Å². The average Bonchev–Trinajstić information content (AvgIpc) is 2.94. The van der Waals surface area contributed by atoms with E-state index in [-0.39, 0.29) is 11.8 Å². The van der Waals surface area contributed by atoms with Crippen LogP contribution in [0.1, 0.15) is 18.4 Å². The number of nitrogens with one attached hydrogen (secondary N) is 2. The number of hydrogen-bond acceptors (Lipinski definition) is 4. The number of benzene rings is 1. The zero-order valence-corrected chi connectivity index (χ0v) is 11.2. The minimum atomic E-state index is -0.429. The Bertz CT molecular complexity index is 665. The van der Waals surface area contributed by atoms with E-state index in [2.05, 4.69) is 15.6 Å². The maximum absolute atomic E-state index is 11.9. The van der Waals surface area contributed by atoms with Gasteiger partial charge in [0.2, 0.25) is 11.8 Å². The van der Waals surface area contributed by atoms with E-state index >= 15 is 0 Å². The highest BCUT2D eigenvalue weighted by molar-refractivity contribution is 7.22. The summed E-state index contributed by atoms with van der Waals surface area (Å²) in [6.45, 7) is 2.02. The van der Waals surface area contributed by atoms with Crippen LogP contribution in [0.4, 0.5) is 5.13 Å². The topological polar surface area (TPSA) is 71.1 Å². The van der Waals surface area contributed by atoms with Crippen LogP contribution in [-0.2, 0) is 9.59 Å². The smallest absolute Gasteiger partial charge is 0.248 e. The van der Waals surface area contributed by atoms with Crippen molar-refractivity contribution in [3.8, 4) is 0 Å². The van der Waals surface area contributed by atoms with Crippen molar-refractivity contribution in [3.05, 3.63) is 23.8 Å². The van der Waals surface area contributed by atoms with E-state index in [9.17, 15) is 9.59 Å². The number of aryl methyl sites for hydroxylation is 1. The van der Waals surface area contributed by atoms with E-state index in [0.29, 0.717) is 18.0 Å². The van der Waals surface area contributed by atoms with Gasteiger partial charge in [-0.05, 0) is 31.0 Å². The Morgan fingerprint density at radius 2 is 2.37 bits per heavy atom. The van der Waals surface area contributed by atoms with Gasteiger partial charge in [-0.25, -0.2) is 4.98 Å².